The van der Waals surface area contributed by atoms with Crippen molar-refractivity contribution in [2.24, 2.45) is 5.92 Å². The number of carbonyl (C=O) groups excluding carboxylic acids is 2. The Morgan fingerprint density at radius 2 is 2.00 bits per heavy atom. The molecular formula is C16H27FN2O5S. The van der Waals surface area contributed by atoms with Crippen LogP contribution in [0.2, 0.25) is 0 Å². The Balaban J connectivity index is 1.99. The van der Waals surface area contributed by atoms with Gasteiger partial charge in [0.25, 0.3) is 0 Å². The SMILES string of the molecule is CC(C)(C)OC(=O)N1CCCCC1CN1CC(CS(=O)(=O)F)CC1=O. The average Bonchev–Trinajstić information content (AvgIpc) is 2.75. The molecule has 2 fully saturated rings. The normalized spacial score (nSPS) is 25.4. The molecule has 2 heterocycles. The monoisotopic (exact) mass is 378 g/mol. The Morgan fingerprint density at radius 3 is 2.60 bits per heavy atom. The zero-order valence-electron chi connectivity index (χ0n) is 15.0. The molecule has 0 aromatic heterocycles. The molecule has 0 saturated carbocycles. The standard InChI is InChI=1S/C16H27FN2O5S/c1-16(2,3)24-15(21)19-7-5-4-6-13(19)10-18-9-12(8-14(18)20)11-25(17,22)23/h12-13H,4-11H2,1-3H3. The van der Waals surface area contributed by atoms with Gasteiger partial charge in [-0.05, 0) is 40.0 Å². The fraction of sp³-hybridized carbons (Fsp3) is 0.875. The lowest BCUT2D eigenvalue weighted by atomic mass is 10.0. The highest BCUT2D eigenvalue weighted by atomic mass is 32.3. The van der Waals surface area contributed by atoms with Crippen LogP contribution >= 0.6 is 0 Å². The highest BCUT2D eigenvalue weighted by molar-refractivity contribution is 7.86. The second kappa shape index (κ2) is 7.47. The summed E-state index contributed by atoms with van der Waals surface area (Å²) in [4.78, 5) is 27.7. The molecule has 0 aliphatic carbocycles. The first-order valence-electron chi connectivity index (χ1n) is 8.64. The van der Waals surface area contributed by atoms with Gasteiger partial charge in [-0.3, -0.25) is 4.79 Å². The van der Waals surface area contributed by atoms with Crippen molar-refractivity contribution in [1.29, 1.82) is 0 Å². The number of hydrogen-bond acceptors (Lipinski definition) is 5. The maximum atomic E-state index is 12.9. The van der Waals surface area contributed by atoms with Gasteiger partial charge < -0.3 is 14.5 Å². The van der Waals surface area contributed by atoms with Gasteiger partial charge in [0.2, 0.25) is 5.91 Å². The number of hydrogen-bond donors (Lipinski definition) is 0. The number of halogens is 1. The van der Waals surface area contributed by atoms with E-state index in [9.17, 15) is 21.9 Å². The second-order valence-electron chi connectivity index (χ2n) is 7.90. The zero-order valence-corrected chi connectivity index (χ0v) is 15.8. The van der Waals surface area contributed by atoms with Crippen LogP contribution in [0.3, 0.4) is 0 Å². The third-order valence-corrected chi connectivity index (χ3v) is 5.29. The van der Waals surface area contributed by atoms with E-state index < -0.39 is 33.6 Å². The van der Waals surface area contributed by atoms with Crippen LogP contribution in [0.5, 0.6) is 0 Å². The van der Waals surface area contributed by atoms with Gasteiger partial charge in [0.1, 0.15) is 5.60 Å². The molecule has 2 amide bonds. The lowest BCUT2D eigenvalue weighted by Crippen LogP contribution is -2.51. The molecule has 0 N–H and O–H groups in total. The van der Waals surface area contributed by atoms with Gasteiger partial charge in [0.05, 0.1) is 11.8 Å². The van der Waals surface area contributed by atoms with Gasteiger partial charge in [-0.2, -0.15) is 8.42 Å². The van der Waals surface area contributed by atoms with Crippen LogP contribution in [0.1, 0.15) is 46.5 Å². The van der Waals surface area contributed by atoms with E-state index >= 15 is 0 Å². The van der Waals surface area contributed by atoms with Crippen molar-refractivity contribution in [3.63, 3.8) is 0 Å². The number of rotatable bonds is 4. The highest BCUT2D eigenvalue weighted by Gasteiger charge is 2.37. The molecule has 2 unspecified atom stereocenters. The number of carbonyl (C=O) groups is 2. The molecule has 7 nitrogen and oxygen atoms in total. The van der Waals surface area contributed by atoms with Crippen LogP contribution in [0.15, 0.2) is 0 Å². The van der Waals surface area contributed by atoms with Crippen molar-refractivity contribution < 1.29 is 26.6 Å². The largest absolute Gasteiger partial charge is 0.444 e. The number of nitrogens with zero attached hydrogens (tertiary/aromatic N) is 2. The van der Waals surface area contributed by atoms with Crippen LogP contribution in [0.25, 0.3) is 0 Å². The maximum absolute atomic E-state index is 12.9. The summed E-state index contributed by atoms with van der Waals surface area (Å²) >= 11 is 0. The summed E-state index contributed by atoms with van der Waals surface area (Å²) in [5, 5.41) is 0. The van der Waals surface area contributed by atoms with Gasteiger partial charge in [0.15, 0.2) is 0 Å². The van der Waals surface area contributed by atoms with E-state index in [0.717, 1.165) is 19.3 Å². The Morgan fingerprint density at radius 1 is 1.32 bits per heavy atom. The summed E-state index contributed by atoms with van der Waals surface area (Å²) in [5.74, 6) is -1.35. The molecule has 2 aliphatic heterocycles. The van der Waals surface area contributed by atoms with Gasteiger partial charge in [-0.15, -0.1) is 3.89 Å². The summed E-state index contributed by atoms with van der Waals surface area (Å²) in [5.41, 5.74) is -0.594. The van der Waals surface area contributed by atoms with Crippen LogP contribution in [0, 0.1) is 5.92 Å². The van der Waals surface area contributed by atoms with E-state index in [1.165, 1.54) is 0 Å². The molecular weight excluding hydrogens is 351 g/mol. The molecule has 0 spiro atoms. The van der Waals surface area contributed by atoms with Gasteiger partial charge in [-0.1, -0.05) is 0 Å². The van der Waals surface area contributed by atoms with Crippen LogP contribution in [0.4, 0.5) is 8.68 Å². The van der Waals surface area contributed by atoms with Crippen molar-refractivity contribution >= 4 is 22.2 Å². The molecule has 144 valence electrons. The van der Waals surface area contributed by atoms with E-state index in [1.807, 2.05) is 0 Å². The molecule has 2 rings (SSSR count). The lowest BCUT2D eigenvalue weighted by molar-refractivity contribution is -0.128. The third kappa shape index (κ3) is 6.13. The minimum atomic E-state index is -4.60. The molecule has 25 heavy (non-hydrogen) atoms. The Hall–Kier alpha value is -1.38. The van der Waals surface area contributed by atoms with Crippen LogP contribution < -0.4 is 0 Å². The van der Waals surface area contributed by atoms with Crippen molar-refractivity contribution in [1.82, 2.24) is 9.80 Å². The molecule has 2 aliphatic rings. The minimum absolute atomic E-state index is 0.0301. The predicted octanol–water partition coefficient (Wildman–Crippen LogP) is 1.92. The van der Waals surface area contributed by atoms with E-state index in [1.54, 1.807) is 30.6 Å². The average molecular weight is 378 g/mol. The number of likely N-dealkylation sites (tertiary alicyclic amines) is 2. The third-order valence-electron chi connectivity index (χ3n) is 4.42. The fourth-order valence-corrected chi connectivity index (χ4v) is 4.22. The maximum Gasteiger partial charge on any atom is 0.410 e. The minimum Gasteiger partial charge on any atom is -0.444 e. The van der Waals surface area contributed by atoms with E-state index in [2.05, 4.69) is 0 Å². The number of ether oxygens (including phenoxy) is 1. The number of piperidine rings is 1. The summed E-state index contributed by atoms with van der Waals surface area (Å²) in [7, 11) is -4.60. The Kier molecular flexibility index (Phi) is 5.96. The second-order valence-corrected chi connectivity index (χ2v) is 9.31. The van der Waals surface area contributed by atoms with Crippen molar-refractivity contribution in [3.8, 4) is 0 Å². The van der Waals surface area contributed by atoms with Crippen LogP contribution in [-0.2, 0) is 19.8 Å². The molecule has 9 heteroatoms. The van der Waals surface area contributed by atoms with E-state index in [4.69, 9.17) is 4.74 Å². The molecule has 2 atom stereocenters. The molecule has 0 aromatic rings. The van der Waals surface area contributed by atoms with Crippen molar-refractivity contribution in [2.45, 2.75) is 58.1 Å². The highest BCUT2D eigenvalue weighted by Crippen LogP contribution is 2.25. The van der Waals surface area contributed by atoms with Crippen molar-refractivity contribution in [2.75, 3.05) is 25.4 Å². The first-order valence-corrected chi connectivity index (χ1v) is 10.2. The van der Waals surface area contributed by atoms with Crippen LogP contribution in [-0.4, -0.2) is 67.2 Å². The number of amides is 2. The molecule has 0 bridgehead atoms. The molecule has 2 saturated heterocycles. The summed E-state index contributed by atoms with van der Waals surface area (Å²) in [6, 6.07) is -0.159. The van der Waals surface area contributed by atoms with E-state index in [-0.39, 0.29) is 24.9 Å². The first kappa shape index (κ1) is 19.9. The first-order chi connectivity index (χ1) is 11.4. The van der Waals surface area contributed by atoms with E-state index in [0.29, 0.717) is 13.1 Å². The zero-order chi connectivity index (χ0) is 18.8. The summed E-state index contributed by atoms with van der Waals surface area (Å²) in [6.07, 6.45) is 2.23. The molecule has 0 radical (unpaired) electrons. The lowest BCUT2D eigenvalue weighted by Gasteiger charge is -2.38. The predicted molar refractivity (Wildman–Crippen MR) is 90.2 cm³/mol. The molecule has 0 aromatic carbocycles. The smallest absolute Gasteiger partial charge is 0.410 e. The van der Waals surface area contributed by atoms with Gasteiger partial charge in [-0.25, -0.2) is 4.79 Å². The van der Waals surface area contributed by atoms with Gasteiger partial charge >= 0.3 is 16.3 Å². The fourth-order valence-electron chi connectivity index (χ4n) is 3.43. The summed E-state index contributed by atoms with van der Waals surface area (Å²) < 4.78 is 39.9. The van der Waals surface area contributed by atoms with Gasteiger partial charge in [0, 0.05) is 32.0 Å². The van der Waals surface area contributed by atoms with Crippen molar-refractivity contribution in [3.05, 3.63) is 0 Å². The topological polar surface area (TPSA) is 84.0 Å². The Bertz CT molecular complexity index is 617. The quantitative estimate of drug-likeness (QED) is 0.698. The summed E-state index contributed by atoms with van der Waals surface area (Å²) in [6.45, 7) is 6.52. The Labute approximate surface area is 148 Å².